The first-order valence-electron chi connectivity index (χ1n) is 5.92. The van der Waals surface area contributed by atoms with Crippen LogP contribution in [0.1, 0.15) is 40.0 Å². The highest BCUT2D eigenvalue weighted by Gasteiger charge is 2.52. The Morgan fingerprint density at radius 3 is 2.44 bits per heavy atom. The molecule has 0 radical (unpaired) electrons. The summed E-state index contributed by atoms with van der Waals surface area (Å²) in [6.45, 7) is 6.26. The van der Waals surface area contributed by atoms with Gasteiger partial charge >= 0.3 is 0 Å². The van der Waals surface area contributed by atoms with Crippen molar-refractivity contribution in [3.63, 3.8) is 0 Å². The number of carbonyl (C=O) groups is 1. The third kappa shape index (κ3) is 2.08. The molecular weight excluding hydrogens is 220 g/mol. The van der Waals surface area contributed by atoms with Crippen LogP contribution in [0.3, 0.4) is 0 Å². The van der Waals surface area contributed by atoms with Crippen LogP contribution in [-0.4, -0.2) is 28.9 Å². The Morgan fingerprint density at radius 2 is 2.12 bits per heavy atom. The van der Waals surface area contributed by atoms with Crippen molar-refractivity contribution in [1.82, 2.24) is 4.90 Å². The number of thiocarbonyl (C=S) groups is 1. The first kappa shape index (κ1) is 13.4. The molecule has 1 amide bonds. The van der Waals surface area contributed by atoms with E-state index >= 15 is 0 Å². The maximum absolute atomic E-state index is 12.4. The molecule has 1 aliphatic rings. The van der Waals surface area contributed by atoms with E-state index in [1.54, 1.807) is 4.90 Å². The van der Waals surface area contributed by atoms with Gasteiger partial charge in [-0.15, -0.1) is 0 Å². The molecule has 2 N–H and O–H groups in total. The van der Waals surface area contributed by atoms with E-state index in [1.165, 1.54) is 0 Å². The first-order chi connectivity index (χ1) is 7.35. The van der Waals surface area contributed by atoms with Crippen molar-refractivity contribution < 1.29 is 4.79 Å². The molecule has 0 bridgehead atoms. The quantitative estimate of drug-likeness (QED) is 0.766. The van der Waals surface area contributed by atoms with Gasteiger partial charge in [-0.05, 0) is 32.1 Å². The Hall–Kier alpha value is -0.640. The second-order valence-electron chi connectivity index (χ2n) is 5.13. The van der Waals surface area contributed by atoms with Gasteiger partial charge in [0.05, 0.1) is 10.4 Å². The standard InChI is InChI=1S/C12H22N2OS/c1-5-9(3)14(4)11(15)12(10(13)16)6-8(2)7-12/h8-9H,5-7H2,1-4H3,(H2,13,16). The van der Waals surface area contributed by atoms with Gasteiger partial charge in [0.15, 0.2) is 0 Å². The summed E-state index contributed by atoms with van der Waals surface area (Å²) in [5, 5.41) is 0. The Kier molecular flexibility index (Phi) is 3.94. The second kappa shape index (κ2) is 4.70. The fraction of sp³-hybridized carbons (Fsp3) is 0.833. The highest BCUT2D eigenvalue weighted by Crippen LogP contribution is 2.47. The normalized spacial score (nSPS) is 30.4. The summed E-state index contributed by atoms with van der Waals surface area (Å²) in [4.78, 5) is 14.6. The molecular formula is C12H22N2OS. The zero-order chi connectivity index (χ0) is 12.5. The first-order valence-corrected chi connectivity index (χ1v) is 6.33. The maximum Gasteiger partial charge on any atom is 0.235 e. The van der Waals surface area contributed by atoms with Gasteiger partial charge in [0, 0.05) is 13.1 Å². The van der Waals surface area contributed by atoms with Crippen molar-refractivity contribution in [3.8, 4) is 0 Å². The molecule has 0 aromatic rings. The van der Waals surface area contributed by atoms with E-state index in [0.717, 1.165) is 19.3 Å². The van der Waals surface area contributed by atoms with Gasteiger partial charge < -0.3 is 10.6 Å². The van der Waals surface area contributed by atoms with Gasteiger partial charge in [0.25, 0.3) is 0 Å². The molecule has 92 valence electrons. The predicted molar refractivity (Wildman–Crippen MR) is 70.1 cm³/mol. The lowest BCUT2D eigenvalue weighted by atomic mass is 9.61. The Morgan fingerprint density at radius 1 is 1.62 bits per heavy atom. The van der Waals surface area contributed by atoms with Crippen LogP contribution in [0.5, 0.6) is 0 Å². The van der Waals surface area contributed by atoms with Crippen LogP contribution in [-0.2, 0) is 4.79 Å². The van der Waals surface area contributed by atoms with Gasteiger partial charge in [0.2, 0.25) is 5.91 Å². The van der Waals surface area contributed by atoms with E-state index in [1.807, 2.05) is 14.0 Å². The van der Waals surface area contributed by atoms with Crippen molar-refractivity contribution in [3.05, 3.63) is 0 Å². The summed E-state index contributed by atoms with van der Waals surface area (Å²) in [5.74, 6) is 0.656. The van der Waals surface area contributed by atoms with Crippen LogP contribution in [0.25, 0.3) is 0 Å². The van der Waals surface area contributed by atoms with Crippen LogP contribution in [0.15, 0.2) is 0 Å². The van der Waals surface area contributed by atoms with Crippen LogP contribution < -0.4 is 5.73 Å². The van der Waals surface area contributed by atoms with E-state index < -0.39 is 5.41 Å². The van der Waals surface area contributed by atoms with Crippen molar-refractivity contribution in [2.24, 2.45) is 17.1 Å². The zero-order valence-corrected chi connectivity index (χ0v) is 11.4. The Bertz CT molecular complexity index is 297. The molecule has 1 fully saturated rings. The molecule has 1 saturated carbocycles. The van der Waals surface area contributed by atoms with E-state index in [9.17, 15) is 4.79 Å². The number of hydrogen-bond acceptors (Lipinski definition) is 2. The monoisotopic (exact) mass is 242 g/mol. The molecule has 3 nitrogen and oxygen atoms in total. The van der Waals surface area contributed by atoms with Gasteiger partial charge in [-0.3, -0.25) is 4.79 Å². The fourth-order valence-corrected chi connectivity index (χ4v) is 2.68. The highest BCUT2D eigenvalue weighted by atomic mass is 32.1. The van der Waals surface area contributed by atoms with Crippen LogP contribution in [0.2, 0.25) is 0 Å². The molecule has 0 aromatic carbocycles. The topological polar surface area (TPSA) is 46.3 Å². The van der Waals surface area contributed by atoms with Gasteiger partial charge in [-0.1, -0.05) is 26.1 Å². The molecule has 0 aromatic heterocycles. The number of hydrogen-bond donors (Lipinski definition) is 1. The molecule has 1 atom stereocenters. The summed E-state index contributed by atoms with van der Waals surface area (Å²) in [6, 6.07) is 0.245. The minimum absolute atomic E-state index is 0.104. The number of carbonyl (C=O) groups excluding carboxylic acids is 1. The largest absolute Gasteiger partial charge is 0.392 e. The van der Waals surface area contributed by atoms with Crippen molar-refractivity contribution in [1.29, 1.82) is 0 Å². The minimum Gasteiger partial charge on any atom is -0.392 e. The van der Waals surface area contributed by atoms with Gasteiger partial charge in [-0.25, -0.2) is 0 Å². The molecule has 1 aliphatic carbocycles. The van der Waals surface area contributed by atoms with E-state index in [2.05, 4.69) is 13.8 Å². The Balaban J connectivity index is 2.82. The number of nitrogens with two attached hydrogens (primary N) is 1. The smallest absolute Gasteiger partial charge is 0.235 e. The number of nitrogens with zero attached hydrogens (tertiary/aromatic N) is 1. The third-order valence-electron chi connectivity index (χ3n) is 3.85. The van der Waals surface area contributed by atoms with Gasteiger partial charge in [-0.2, -0.15) is 0 Å². The summed E-state index contributed by atoms with van der Waals surface area (Å²) < 4.78 is 0. The van der Waals surface area contributed by atoms with Crippen molar-refractivity contribution in [2.75, 3.05) is 7.05 Å². The lowest BCUT2D eigenvalue weighted by Gasteiger charge is -2.47. The summed E-state index contributed by atoms with van der Waals surface area (Å²) >= 11 is 5.08. The predicted octanol–water partition coefficient (Wildman–Crippen LogP) is 1.95. The molecule has 1 unspecified atom stereocenters. The van der Waals surface area contributed by atoms with Crippen molar-refractivity contribution >= 4 is 23.1 Å². The molecule has 4 heteroatoms. The number of amides is 1. The number of rotatable bonds is 4. The highest BCUT2D eigenvalue weighted by molar-refractivity contribution is 7.80. The lowest BCUT2D eigenvalue weighted by molar-refractivity contribution is -0.144. The van der Waals surface area contributed by atoms with E-state index in [4.69, 9.17) is 18.0 Å². The van der Waals surface area contributed by atoms with Crippen molar-refractivity contribution in [2.45, 2.75) is 46.1 Å². The summed E-state index contributed by atoms with van der Waals surface area (Å²) in [7, 11) is 1.85. The molecule has 1 rings (SSSR count). The third-order valence-corrected chi connectivity index (χ3v) is 4.24. The SMILES string of the molecule is CCC(C)N(C)C(=O)C1(C(N)=S)CC(C)C1. The maximum atomic E-state index is 12.4. The fourth-order valence-electron chi connectivity index (χ4n) is 2.42. The van der Waals surface area contributed by atoms with Crippen LogP contribution >= 0.6 is 12.2 Å². The average molecular weight is 242 g/mol. The molecule has 0 heterocycles. The van der Waals surface area contributed by atoms with Crippen LogP contribution in [0, 0.1) is 11.3 Å². The average Bonchev–Trinajstić information content (AvgIpc) is 2.20. The lowest BCUT2D eigenvalue weighted by Crippen LogP contribution is -2.57. The summed E-state index contributed by atoms with van der Waals surface area (Å²) in [5.41, 5.74) is 5.21. The zero-order valence-electron chi connectivity index (χ0n) is 10.6. The molecule has 0 saturated heterocycles. The minimum atomic E-state index is -0.549. The Labute approximate surface area is 103 Å². The van der Waals surface area contributed by atoms with Crippen LogP contribution in [0.4, 0.5) is 0 Å². The van der Waals surface area contributed by atoms with E-state index in [-0.39, 0.29) is 11.9 Å². The molecule has 0 spiro atoms. The second-order valence-corrected chi connectivity index (χ2v) is 5.57. The summed E-state index contributed by atoms with van der Waals surface area (Å²) in [6.07, 6.45) is 2.56. The molecule has 0 aliphatic heterocycles. The van der Waals surface area contributed by atoms with E-state index in [0.29, 0.717) is 10.9 Å². The molecule has 16 heavy (non-hydrogen) atoms. The van der Waals surface area contributed by atoms with Gasteiger partial charge in [0.1, 0.15) is 0 Å².